The fourth-order valence-electron chi connectivity index (χ4n) is 1.86. The molecule has 4 nitrogen and oxygen atoms in total. The largest absolute Gasteiger partial charge is 0.296 e. The summed E-state index contributed by atoms with van der Waals surface area (Å²) in [6.07, 6.45) is 3.97. The van der Waals surface area contributed by atoms with E-state index in [1.165, 1.54) is 12.1 Å². The molecule has 0 aliphatic carbocycles. The van der Waals surface area contributed by atoms with E-state index >= 15 is 0 Å². The van der Waals surface area contributed by atoms with E-state index < -0.39 is 0 Å². The molecular formula is C13H8FN3O. The highest BCUT2D eigenvalue weighted by molar-refractivity contribution is 5.83. The van der Waals surface area contributed by atoms with Gasteiger partial charge in [-0.05, 0) is 18.2 Å². The topological polar surface area (TPSA) is 47.3 Å². The van der Waals surface area contributed by atoms with Gasteiger partial charge in [-0.3, -0.25) is 9.20 Å². The van der Waals surface area contributed by atoms with Crippen molar-refractivity contribution in [1.82, 2.24) is 14.4 Å². The summed E-state index contributed by atoms with van der Waals surface area (Å²) >= 11 is 0. The summed E-state index contributed by atoms with van der Waals surface area (Å²) < 4.78 is 14.9. The van der Waals surface area contributed by atoms with Gasteiger partial charge in [-0.25, -0.2) is 14.4 Å². The number of carbonyl (C=O) groups excluding carboxylic acids is 1. The number of halogens is 1. The third-order valence-corrected chi connectivity index (χ3v) is 2.62. The van der Waals surface area contributed by atoms with E-state index in [2.05, 4.69) is 9.97 Å². The maximum atomic E-state index is 13.2. The van der Waals surface area contributed by atoms with Crippen molar-refractivity contribution in [2.24, 2.45) is 0 Å². The molecule has 0 radical (unpaired) electrons. The van der Waals surface area contributed by atoms with Gasteiger partial charge >= 0.3 is 0 Å². The molecule has 0 fully saturated rings. The highest BCUT2D eigenvalue weighted by Gasteiger charge is 2.12. The molecule has 0 bridgehead atoms. The van der Waals surface area contributed by atoms with E-state index in [1.807, 2.05) is 0 Å². The van der Waals surface area contributed by atoms with Gasteiger partial charge < -0.3 is 0 Å². The lowest BCUT2D eigenvalue weighted by molar-refractivity contribution is 0.112. The number of hydrogen-bond donors (Lipinski definition) is 0. The zero-order valence-corrected chi connectivity index (χ0v) is 9.25. The Morgan fingerprint density at radius 2 is 2.17 bits per heavy atom. The molecule has 18 heavy (non-hydrogen) atoms. The van der Waals surface area contributed by atoms with Crippen molar-refractivity contribution in [1.29, 1.82) is 0 Å². The smallest absolute Gasteiger partial charge is 0.172 e. The third-order valence-electron chi connectivity index (χ3n) is 2.62. The zero-order chi connectivity index (χ0) is 12.5. The minimum Gasteiger partial charge on any atom is -0.296 e. The first-order valence-corrected chi connectivity index (χ1v) is 5.34. The standard InChI is InChI=1S/C13H8FN3O/c14-10-4-1-3-9(7-10)12-16-11(8-18)13-15-5-2-6-17(12)13/h1-8H. The van der Waals surface area contributed by atoms with Crippen molar-refractivity contribution in [3.63, 3.8) is 0 Å². The molecule has 0 aliphatic rings. The summed E-state index contributed by atoms with van der Waals surface area (Å²) in [5, 5.41) is 0. The van der Waals surface area contributed by atoms with Gasteiger partial charge in [-0.1, -0.05) is 12.1 Å². The molecule has 88 valence electrons. The molecule has 0 aliphatic heterocycles. The van der Waals surface area contributed by atoms with Crippen LogP contribution in [0.4, 0.5) is 4.39 Å². The summed E-state index contributed by atoms with van der Waals surface area (Å²) in [4.78, 5) is 19.2. The number of nitrogens with zero attached hydrogens (tertiary/aromatic N) is 3. The number of hydrogen-bond acceptors (Lipinski definition) is 3. The Morgan fingerprint density at radius 3 is 2.94 bits per heavy atom. The van der Waals surface area contributed by atoms with Crippen LogP contribution < -0.4 is 0 Å². The van der Waals surface area contributed by atoms with Crippen molar-refractivity contribution in [3.05, 3.63) is 54.2 Å². The van der Waals surface area contributed by atoms with E-state index in [0.29, 0.717) is 23.3 Å². The molecule has 1 aromatic carbocycles. The molecule has 0 saturated heterocycles. The first kappa shape index (κ1) is 10.6. The predicted octanol–water partition coefficient (Wildman–Crippen LogP) is 2.35. The van der Waals surface area contributed by atoms with Crippen molar-refractivity contribution in [2.75, 3.05) is 0 Å². The average Bonchev–Trinajstić information content (AvgIpc) is 2.77. The minimum atomic E-state index is -0.346. The average molecular weight is 241 g/mol. The van der Waals surface area contributed by atoms with Crippen LogP contribution in [-0.2, 0) is 0 Å². The summed E-state index contributed by atoms with van der Waals surface area (Å²) in [6, 6.07) is 7.79. The summed E-state index contributed by atoms with van der Waals surface area (Å²) in [7, 11) is 0. The molecule has 0 atom stereocenters. The molecule has 5 heteroatoms. The van der Waals surface area contributed by atoms with E-state index in [4.69, 9.17) is 0 Å². The van der Waals surface area contributed by atoms with Crippen LogP contribution >= 0.6 is 0 Å². The van der Waals surface area contributed by atoms with Gasteiger partial charge in [0.2, 0.25) is 0 Å². The van der Waals surface area contributed by atoms with Crippen LogP contribution in [0.3, 0.4) is 0 Å². The van der Waals surface area contributed by atoms with E-state index in [0.717, 1.165) is 0 Å². The Labute approximate surface area is 102 Å². The van der Waals surface area contributed by atoms with Crippen molar-refractivity contribution in [2.45, 2.75) is 0 Å². The Balaban J connectivity index is 2.33. The van der Waals surface area contributed by atoms with E-state index in [-0.39, 0.29) is 11.5 Å². The number of carbonyl (C=O) groups is 1. The summed E-state index contributed by atoms with van der Waals surface area (Å²) in [6.45, 7) is 0. The number of benzene rings is 1. The molecule has 0 saturated carbocycles. The number of fused-ring (bicyclic) bond motifs is 1. The quantitative estimate of drug-likeness (QED) is 0.647. The maximum Gasteiger partial charge on any atom is 0.172 e. The number of aromatic nitrogens is 3. The Kier molecular flexibility index (Phi) is 2.37. The molecule has 2 heterocycles. The van der Waals surface area contributed by atoms with Gasteiger partial charge in [-0.15, -0.1) is 0 Å². The Bertz CT molecular complexity index is 736. The van der Waals surface area contributed by atoms with Gasteiger partial charge in [0, 0.05) is 18.0 Å². The Hall–Kier alpha value is -2.56. The monoisotopic (exact) mass is 241 g/mol. The second-order valence-electron chi connectivity index (χ2n) is 3.76. The number of rotatable bonds is 2. The van der Waals surface area contributed by atoms with Gasteiger partial charge in [0.05, 0.1) is 0 Å². The fraction of sp³-hybridized carbons (Fsp3) is 0. The molecule has 0 N–H and O–H groups in total. The highest BCUT2D eigenvalue weighted by Crippen LogP contribution is 2.21. The van der Waals surface area contributed by atoms with Gasteiger partial charge in [-0.2, -0.15) is 0 Å². The van der Waals surface area contributed by atoms with Crippen LogP contribution in [0.5, 0.6) is 0 Å². The summed E-state index contributed by atoms with van der Waals surface area (Å²) in [5.41, 5.74) is 1.31. The first-order chi connectivity index (χ1) is 8.79. The maximum absolute atomic E-state index is 13.2. The molecule has 0 unspecified atom stereocenters. The third kappa shape index (κ3) is 1.57. The minimum absolute atomic E-state index is 0.245. The van der Waals surface area contributed by atoms with Crippen LogP contribution in [-0.4, -0.2) is 20.7 Å². The van der Waals surface area contributed by atoms with Crippen molar-refractivity contribution >= 4 is 11.9 Å². The highest BCUT2D eigenvalue weighted by atomic mass is 19.1. The fourth-order valence-corrected chi connectivity index (χ4v) is 1.86. The van der Waals surface area contributed by atoms with E-state index in [1.54, 1.807) is 35.0 Å². The second-order valence-corrected chi connectivity index (χ2v) is 3.76. The molecule has 2 aromatic heterocycles. The number of aldehydes is 1. The molecule has 0 spiro atoms. The summed E-state index contributed by atoms with van der Waals surface area (Å²) in [5.74, 6) is 0.153. The molecular weight excluding hydrogens is 233 g/mol. The molecule has 3 rings (SSSR count). The van der Waals surface area contributed by atoms with Crippen molar-refractivity contribution < 1.29 is 9.18 Å². The lowest BCUT2D eigenvalue weighted by atomic mass is 10.2. The molecule has 3 aromatic rings. The SMILES string of the molecule is O=Cc1nc(-c2cccc(F)c2)n2cccnc12. The van der Waals surface area contributed by atoms with Crippen LogP contribution in [0.2, 0.25) is 0 Å². The van der Waals surface area contributed by atoms with Gasteiger partial charge in [0.15, 0.2) is 11.9 Å². The van der Waals surface area contributed by atoms with E-state index in [9.17, 15) is 9.18 Å². The Morgan fingerprint density at radius 1 is 1.28 bits per heavy atom. The predicted molar refractivity (Wildman–Crippen MR) is 63.8 cm³/mol. The lowest BCUT2D eigenvalue weighted by Gasteiger charge is -2.00. The normalized spacial score (nSPS) is 10.7. The zero-order valence-electron chi connectivity index (χ0n) is 9.25. The van der Waals surface area contributed by atoms with Gasteiger partial charge in [0.1, 0.15) is 17.3 Å². The van der Waals surface area contributed by atoms with Gasteiger partial charge in [0.25, 0.3) is 0 Å². The lowest BCUT2D eigenvalue weighted by Crippen LogP contribution is -1.90. The number of imidazole rings is 1. The van der Waals surface area contributed by atoms with Crippen LogP contribution in [0.1, 0.15) is 10.5 Å². The molecule has 0 amide bonds. The van der Waals surface area contributed by atoms with Crippen LogP contribution in [0, 0.1) is 5.82 Å². The van der Waals surface area contributed by atoms with Crippen LogP contribution in [0.25, 0.3) is 17.0 Å². The van der Waals surface area contributed by atoms with Crippen molar-refractivity contribution in [3.8, 4) is 11.4 Å². The van der Waals surface area contributed by atoms with Crippen LogP contribution in [0.15, 0.2) is 42.7 Å². The first-order valence-electron chi connectivity index (χ1n) is 5.34. The second kappa shape index (κ2) is 4.03.